The summed E-state index contributed by atoms with van der Waals surface area (Å²) in [5, 5.41) is 12.4. The molecule has 0 aliphatic carbocycles. The van der Waals surface area contributed by atoms with E-state index in [9.17, 15) is 14.9 Å². The highest BCUT2D eigenvalue weighted by Crippen LogP contribution is 2.34. The van der Waals surface area contributed by atoms with E-state index in [2.05, 4.69) is 5.32 Å². The van der Waals surface area contributed by atoms with Crippen molar-refractivity contribution in [3.05, 3.63) is 45.3 Å². The number of amides is 1. The molecule has 0 spiro atoms. The van der Waals surface area contributed by atoms with E-state index in [-0.39, 0.29) is 12.2 Å². The summed E-state index contributed by atoms with van der Waals surface area (Å²) < 4.78 is 10.3. The van der Waals surface area contributed by atoms with Gasteiger partial charge in [0.05, 0.1) is 24.8 Å². The van der Waals surface area contributed by atoms with Crippen LogP contribution in [0.5, 0.6) is 5.75 Å². The predicted octanol–water partition coefficient (Wildman–Crippen LogP) is 3.67. The molecule has 7 heteroatoms. The number of para-hydroxylation sites is 1. The fourth-order valence-electron chi connectivity index (χ4n) is 2.40. The van der Waals surface area contributed by atoms with Gasteiger partial charge < -0.3 is 14.8 Å². The summed E-state index contributed by atoms with van der Waals surface area (Å²) in [6, 6.07) is 7.26. The molecule has 0 saturated carbocycles. The summed E-state index contributed by atoms with van der Waals surface area (Å²) >= 11 is 1.03. The quantitative estimate of drug-likeness (QED) is 0.824. The molecular weight excluding hydrogens is 340 g/mol. The molecule has 130 valence electrons. The molecule has 1 heterocycles. The third kappa shape index (κ3) is 3.64. The zero-order valence-corrected chi connectivity index (χ0v) is 15.2. The molecule has 0 saturated heterocycles. The second kappa shape index (κ2) is 7.81. The van der Waals surface area contributed by atoms with E-state index in [0.717, 1.165) is 16.9 Å². The lowest BCUT2D eigenvalue weighted by molar-refractivity contribution is 0.0531. The number of nitriles is 1. The Morgan fingerprint density at radius 1 is 1.32 bits per heavy atom. The monoisotopic (exact) mass is 358 g/mol. The molecule has 0 aliphatic heterocycles. The highest BCUT2D eigenvalue weighted by atomic mass is 32.1. The average molecular weight is 358 g/mol. The Hall–Kier alpha value is -2.85. The Kier molecular flexibility index (Phi) is 5.78. The number of methoxy groups -OCH3 is 1. The van der Waals surface area contributed by atoms with E-state index in [0.29, 0.717) is 26.8 Å². The van der Waals surface area contributed by atoms with Gasteiger partial charge in [-0.1, -0.05) is 12.1 Å². The van der Waals surface area contributed by atoms with E-state index < -0.39 is 11.9 Å². The maximum atomic E-state index is 12.6. The summed E-state index contributed by atoms with van der Waals surface area (Å²) in [6.07, 6.45) is 0. The highest BCUT2D eigenvalue weighted by Gasteiger charge is 2.23. The minimum atomic E-state index is -0.505. The molecule has 25 heavy (non-hydrogen) atoms. The van der Waals surface area contributed by atoms with Crippen molar-refractivity contribution in [2.75, 3.05) is 19.0 Å². The zero-order chi connectivity index (χ0) is 18.6. The van der Waals surface area contributed by atoms with Crippen LogP contribution in [-0.2, 0) is 4.74 Å². The topological polar surface area (TPSA) is 88.4 Å². The summed E-state index contributed by atoms with van der Waals surface area (Å²) in [4.78, 5) is 24.9. The highest BCUT2D eigenvalue weighted by molar-refractivity contribution is 7.18. The first-order chi connectivity index (χ1) is 11.9. The van der Waals surface area contributed by atoms with E-state index >= 15 is 0 Å². The minimum Gasteiger partial charge on any atom is -0.496 e. The fraction of sp³-hybridized carbons (Fsp3) is 0.278. The molecule has 0 radical (unpaired) electrons. The van der Waals surface area contributed by atoms with Gasteiger partial charge in [-0.15, -0.1) is 11.3 Å². The number of ether oxygens (including phenoxy) is 2. The largest absolute Gasteiger partial charge is 0.496 e. The first-order valence-electron chi connectivity index (χ1n) is 7.60. The number of thiophene rings is 1. The normalized spacial score (nSPS) is 10.0. The minimum absolute atomic E-state index is 0.236. The summed E-state index contributed by atoms with van der Waals surface area (Å²) in [5.74, 6) is -0.443. The number of nitrogens with zero attached hydrogens (tertiary/aromatic N) is 1. The van der Waals surface area contributed by atoms with E-state index in [1.54, 1.807) is 26.0 Å². The van der Waals surface area contributed by atoms with Crippen LogP contribution in [0.25, 0.3) is 0 Å². The SMILES string of the molecule is CCOC(=O)c1sc(NC(=O)c2cccc(C)c2OC)c(C#N)c1C. The van der Waals surface area contributed by atoms with Gasteiger partial charge in [0.1, 0.15) is 21.7 Å². The van der Waals surface area contributed by atoms with Gasteiger partial charge in [-0.2, -0.15) is 5.26 Å². The second-order valence-corrected chi connectivity index (χ2v) is 6.22. The van der Waals surface area contributed by atoms with Gasteiger partial charge >= 0.3 is 5.97 Å². The molecule has 2 aromatic rings. The number of anilines is 1. The predicted molar refractivity (Wildman–Crippen MR) is 95.4 cm³/mol. The maximum Gasteiger partial charge on any atom is 0.348 e. The van der Waals surface area contributed by atoms with Gasteiger partial charge in [0.25, 0.3) is 5.91 Å². The molecule has 1 N–H and O–H groups in total. The fourth-order valence-corrected chi connectivity index (χ4v) is 3.45. The van der Waals surface area contributed by atoms with Crippen LogP contribution in [0.15, 0.2) is 18.2 Å². The van der Waals surface area contributed by atoms with Crippen molar-refractivity contribution in [1.29, 1.82) is 5.26 Å². The number of nitrogens with one attached hydrogen (secondary N) is 1. The van der Waals surface area contributed by atoms with Gasteiger partial charge in [0.2, 0.25) is 0 Å². The number of benzene rings is 1. The van der Waals surface area contributed by atoms with Gasteiger partial charge in [-0.25, -0.2) is 4.79 Å². The van der Waals surface area contributed by atoms with Crippen molar-refractivity contribution in [2.45, 2.75) is 20.8 Å². The van der Waals surface area contributed by atoms with Gasteiger partial charge in [0.15, 0.2) is 0 Å². The molecule has 6 nitrogen and oxygen atoms in total. The van der Waals surface area contributed by atoms with Crippen LogP contribution in [0.1, 0.15) is 43.6 Å². The molecule has 0 aliphatic rings. The Bertz CT molecular complexity index is 865. The summed E-state index contributed by atoms with van der Waals surface area (Å²) in [7, 11) is 1.49. The molecular formula is C18H18N2O4S. The molecule has 0 bridgehead atoms. The number of carbonyl (C=O) groups is 2. The van der Waals surface area contributed by atoms with Crippen molar-refractivity contribution in [3.8, 4) is 11.8 Å². The number of hydrogen-bond acceptors (Lipinski definition) is 6. The average Bonchev–Trinajstić information content (AvgIpc) is 2.90. The Labute approximate surface area is 150 Å². The van der Waals surface area contributed by atoms with Crippen LogP contribution in [0, 0.1) is 25.2 Å². The lowest BCUT2D eigenvalue weighted by Crippen LogP contribution is -2.13. The number of aryl methyl sites for hydroxylation is 1. The summed E-state index contributed by atoms with van der Waals surface area (Å²) in [5.41, 5.74) is 1.94. The Balaban J connectivity index is 2.39. The smallest absolute Gasteiger partial charge is 0.348 e. The van der Waals surface area contributed by atoms with Crippen LogP contribution < -0.4 is 10.1 Å². The number of carbonyl (C=O) groups excluding carboxylic acids is 2. The van der Waals surface area contributed by atoms with Gasteiger partial charge in [0, 0.05) is 0 Å². The Morgan fingerprint density at radius 2 is 2.04 bits per heavy atom. The van der Waals surface area contributed by atoms with E-state index in [1.807, 2.05) is 19.1 Å². The number of rotatable bonds is 5. The van der Waals surface area contributed by atoms with Crippen molar-refractivity contribution >= 4 is 28.2 Å². The molecule has 0 atom stereocenters. The molecule has 2 rings (SSSR count). The van der Waals surface area contributed by atoms with Crippen molar-refractivity contribution < 1.29 is 19.1 Å². The zero-order valence-electron chi connectivity index (χ0n) is 14.4. The lowest BCUT2D eigenvalue weighted by Gasteiger charge is -2.10. The molecule has 0 unspecified atom stereocenters. The van der Waals surface area contributed by atoms with Crippen LogP contribution in [0.4, 0.5) is 5.00 Å². The van der Waals surface area contributed by atoms with Gasteiger partial charge in [-0.05, 0) is 38.0 Å². The molecule has 1 aromatic heterocycles. The van der Waals surface area contributed by atoms with Crippen molar-refractivity contribution in [1.82, 2.24) is 0 Å². The van der Waals surface area contributed by atoms with Crippen LogP contribution in [0.3, 0.4) is 0 Å². The third-order valence-corrected chi connectivity index (χ3v) is 4.79. The van der Waals surface area contributed by atoms with Gasteiger partial charge in [-0.3, -0.25) is 4.79 Å². The van der Waals surface area contributed by atoms with Crippen molar-refractivity contribution in [3.63, 3.8) is 0 Å². The second-order valence-electron chi connectivity index (χ2n) is 5.20. The maximum absolute atomic E-state index is 12.6. The first-order valence-corrected chi connectivity index (χ1v) is 8.41. The summed E-state index contributed by atoms with van der Waals surface area (Å²) in [6.45, 7) is 5.44. The third-order valence-electron chi connectivity index (χ3n) is 3.61. The molecule has 1 amide bonds. The van der Waals surface area contributed by atoms with Crippen LogP contribution in [0.2, 0.25) is 0 Å². The Morgan fingerprint density at radius 3 is 2.64 bits per heavy atom. The molecule has 0 fully saturated rings. The standard InChI is InChI=1S/C18H18N2O4S/c1-5-24-18(22)15-11(3)13(9-19)17(25-15)20-16(21)12-8-6-7-10(2)14(12)23-4/h6-8H,5H2,1-4H3,(H,20,21). The first kappa shape index (κ1) is 18.5. The number of hydrogen-bond donors (Lipinski definition) is 1. The molecule has 1 aromatic carbocycles. The van der Waals surface area contributed by atoms with E-state index in [4.69, 9.17) is 9.47 Å². The lowest BCUT2D eigenvalue weighted by atomic mass is 10.1. The number of esters is 1. The van der Waals surface area contributed by atoms with Crippen LogP contribution >= 0.6 is 11.3 Å². The van der Waals surface area contributed by atoms with E-state index in [1.165, 1.54) is 7.11 Å². The van der Waals surface area contributed by atoms with Crippen molar-refractivity contribution in [2.24, 2.45) is 0 Å². The van der Waals surface area contributed by atoms with Crippen LogP contribution in [-0.4, -0.2) is 25.6 Å².